The minimum absolute atomic E-state index is 0.0459. The molecule has 0 aliphatic heterocycles. The first-order chi connectivity index (χ1) is 14.1. The molecular weight excluding hydrogens is 368 g/mol. The Morgan fingerprint density at radius 2 is 1.52 bits per heavy atom. The molecule has 29 heavy (non-hydrogen) atoms. The van der Waals surface area contributed by atoms with Gasteiger partial charge < -0.3 is 14.8 Å². The predicted molar refractivity (Wildman–Crippen MR) is 111 cm³/mol. The van der Waals surface area contributed by atoms with Crippen LogP contribution in [0.5, 0.6) is 0 Å². The van der Waals surface area contributed by atoms with Crippen LogP contribution in [0.1, 0.15) is 21.5 Å². The highest BCUT2D eigenvalue weighted by Gasteiger charge is 2.22. The Kier molecular flexibility index (Phi) is 6.73. The molecule has 6 heteroatoms. The molecule has 146 valence electrons. The number of carbonyl (C=O) groups excluding carboxylic acids is 1. The van der Waals surface area contributed by atoms with Crippen LogP contribution in [0.25, 0.3) is 0 Å². The molecule has 0 heterocycles. The van der Waals surface area contributed by atoms with Crippen molar-refractivity contribution in [2.24, 2.45) is 5.16 Å². The van der Waals surface area contributed by atoms with E-state index in [0.717, 1.165) is 11.1 Å². The fourth-order valence-electron chi connectivity index (χ4n) is 2.77. The van der Waals surface area contributed by atoms with Gasteiger partial charge in [-0.25, -0.2) is 4.79 Å². The summed E-state index contributed by atoms with van der Waals surface area (Å²) in [4.78, 5) is 31.1. The summed E-state index contributed by atoms with van der Waals surface area (Å²) in [5, 5.41) is 13.3. The van der Waals surface area contributed by atoms with Gasteiger partial charge in [-0.15, -0.1) is 0 Å². The summed E-state index contributed by atoms with van der Waals surface area (Å²) in [6, 6.07) is 25.1. The maximum atomic E-state index is 12.9. The largest absolute Gasteiger partial charge is 0.478 e. The van der Waals surface area contributed by atoms with Crippen LogP contribution in [0.3, 0.4) is 0 Å². The van der Waals surface area contributed by atoms with Crippen molar-refractivity contribution in [1.82, 2.24) is 0 Å². The van der Waals surface area contributed by atoms with Crippen molar-refractivity contribution in [3.8, 4) is 0 Å². The number of nitrogens with zero attached hydrogens (tertiary/aromatic N) is 2. The fraction of sp³-hybridized carbons (Fsp3) is 0.0870. The fourth-order valence-corrected chi connectivity index (χ4v) is 2.77. The first-order valence-corrected chi connectivity index (χ1v) is 9.02. The molecule has 0 spiro atoms. The van der Waals surface area contributed by atoms with Gasteiger partial charge in [0, 0.05) is 0 Å². The van der Waals surface area contributed by atoms with E-state index in [9.17, 15) is 14.7 Å². The summed E-state index contributed by atoms with van der Waals surface area (Å²) < 4.78 is 0. The molecule has 0 atom stereocenters. The van der Waals surface area contributed by atoms with Gasteiger partial charge in [0.2, 0.25) is 0 Å². The molecule has 0 aliphatic rings. The van der Waals surface area contributed by atoms with E-state index in [2.05, 4.69) is 5.16 Å². The van der Waals surface area contributed by atoms with Gasteiger partial charge in [-0.2, -0.15) is 0 Å². The third kappa shape index (κ3) is 5.52. The maximum absolute atomic E-state index is 12.9. The third-order valence-corrected chi connectivity index (χ3v) is 4.17. The SMILES string of the molecule is O=C(O)c1ccccc1N(Cc1ccccc1)C(=O)CON=Cc1ccccc1. The number of hydrogen-bond acceptors (Lipinski definition) is 4. The lowest BCUT2D eigenvalue weighted by Gasteiger charge is -2.24. The van der Waals surface area contributed by atoms with Crippen molar-refractivity contribution < 1.29 is 19.5 Å². The monoisotopic (exact) mass is 388 g/mol. The molecule has 0 radical (unpaired) electrons. The van der Waals surface area contributed by atoms with E-state index >= 15 is 0 Å². The number of para-hydroxylation sites is 1. The van der Waals surface area contributed by atoms with Crippen molar-refractivity contribution in [2.45, 2.75) is 6.54 Å². The standard InChI is InChI=1S/C23H20N2O4/c26-22(17-29-24-15-18-9-3-1-4-10-18)25(16-19-11-5-2-6-12-19)21-14-8-7-13-20(21)23(27)28/h1-15H,16-17H2,(H,27,28). The van der Waals surface area contributed by atoms with E-state index in [4.69, 9.17) is 4.84 Å². The zero-order valence-electron chi connectivity index (χ0n) is 15.6. The number of carboxylic acid groups (broad SMARTS) is 1. The second-order valence-electron chi connectivity index (χ2n) is 6.21. The molecule has 0 aromatic heterocycles. The number of benzene rings is 3. The topological polar surface area (TPSA) is 79.2 Å². The van der Waals surface area contributed by atoms with E-state index in [1.54, 1.807) is 18.2 Å². The van der Waals surface area contributed by atoms with Crippen LogP contribution in [0.2, 0.25) is 0 Å². The molecule has 6 nitrogen and oxygen atoms in total. The third-order valence-electron chi connectivity index (χ3n) is 4.17. The van der Waals surface area contributed by atoms with Gasteiger partial charge in [0.1, 0.15) is 0 Å². The molecule has 3 aromatic carbocycles. The molecule has 1 amide bonds. The Labute approximate surface area is 168 Å². The molecule has 0 saturated carbocycles. The van der Waals surface area contributed by atoms with Crippen LogP contribution >= 0.6 is 0 Å². The zero-order valence-corrected chi connectivity index (χ0v) is 15.6. The van der Waals surface area contributed by atoms with E-state index in [1.165, 1.54) is 17.2 Å². The van der Waals surface area contributed by atoms with Crippen molar-refractivity contribution in [3.05, 3.63) is 102 Å². The number of oxime groups is 1. The van der Waals surface area contributed by atoms with Crippen molar-refractivity contribution in [2.75, 3.05) is 11.5 Å². The zero-order chi connectivity index (χ0) is 20.5. The van der Waals surface area contributed by atoms with Gasteiger partial charge in [0.15, 0.2) is 6.61 Å². The maximum Gasteiger partial charge on any atom is 0.337 e. The van der Waals surface area contributed by atoms with Gasteiger partial charge in [0.05, 0.1) is 24.0 Å². The number of carbonyl (C=O) groups is 2. The lowest BCUT2D eigenvalue weighted by molar-refractivity contribution is -0.123. The lowest BCUT2D eigenvalue weighted by atomic mass is 10.1. The molecule has 0 aliphatic carbocycles. The molecule has 1 N–H and O–H groups in total. The van der Waals surface area contributed by atoms with Crippen LogP contribution in [0.4, 0.5) is 5.69 Å². The summed E-state index contributed by atoms with van der Waals surface area (Å²) in [5.74, 6) is -1.50. The minimum atomic E-state index is -1.10. The van der Waals surface area contributed by atoms with Crippen LogP contribution < -0.4 is 4.90 Å². The molecule has 0 saturated heterocycles. The number of aromatic carboxylic acids is 1. The minimum Gasteiger partial charge on any atom is -0.478 e. The first-order valence-electron chi connectivity index (χ1n) is 9.02. The van der Waals surface area contributed by atoms with Crippen LogP contribution in [-0.4, -0.2) is 29.8 Å². The molecule has 3 rings (SSSR count). The Hall–Kier alpha value is -3.93. The molecule has 0 fully saturated rings. The molecule has 0 unspecified atom stereocenters. The first kappa shape index (κ1) is 19.8. The van der Waals surface area contributed by atoms with Gasteiger partial charge in [-0.05, 0) is 23.3 Å². The Morgan fingerprint density at radius 3 is 2.21 bits per heavy atom. The van der Waals surface area contributed by atoms with E-state index in [1.807, 2.05) is 60.7 Å². The summed E-state index contributed by atoms with van der Waals surface area (Å²) >= 11 is 0. The quantitative estimate of drug-likeness (QED) is 0.468. The normalized spacial score (nSPS) is 10.6. The van der Waals surface area contributed by atoms with Crippen LogP contribution in [0, 0.1) is 0 Å². The van der Waals surface area contributed by atoms with Crippen molar-refractivity contribution in [1.29, 1.82) is 0 Å². The average Bonchev–Trinajstić information content (AvgIpc) is 2.76. The van der Waals surface area contributed by atoms with Gasteiger partial charge >= 0.3 is 5.97 Å². The average molecular weight is 388 g/mol. The molecular formula is C23H20N2O4. The number of hydrogen-bond donors (Lipinski definition) is 1. The smallest absolute Gasteiger partial charge is 0.337 e. The predicted octanol–water partition coefficient (Wildman–Crippen LogP) is 3.97. The van der Waals surface area contributed by atoms with Crippen LogP contribution in [-0.2, 0) is 16.2 Å². The van der Waals surface area contributed by atoms with Gasteiger partial charge in [-0.1, -0.05) is 78.0 Å². The second kappa shape index (κ2) is 9.85. The number of amides is 1. The highest BCUT2D eigenvalue weighted by Crippen LogP contribution is 2.23. The molecule has 3 aromatic rings. The Morgan fingerprint density at radius 1 is 0.897 bits per heavy atom. The highest BCUT2D eigenvalue weighted by atomic mass is 16.6. The van der Waals surface area contributed by atoms with Crippen molar-refractivity contribution in [3.63, 3.8) is 0 Å². The van der Waals surface area contributed by atoms with E-state index in [-0.39, 0.29) is 18.7 Å². The number of anilines is 1. The van der Waals surface area contributed by atoms with E-state index in [0.29, 0.717) is 5.69 Å². The second-order valence-corrected chi connectivity index (χ2v) is 6.21. The van der Waals surface area contributed by atoms with Crippen molar-refractivity contribution >= 4 is 23.8 Å². The van der Waals surface area contributed by atoms with Gasteiger partial charge in [0.25, 0.3) is 5.91 Å². The highest BCUT2D eigenvalue weighted by molar-refractivity contribution is 6.02. The lowest BCUT2D eigenvalue weighted by Crippen LogP contribution is -2.34. The van der Waals surface area contributed by atoms with E-state index < -0.39 is 11.9 Å². The Balaban J connectivity index is 1.78. The molecule has 0 bridgehead atoms. The summed E-state index contributed by atoms with van der Waals surface area (Å²) in [6.07, 6.45) is 1.51. The number of carboxylic acids is 1. The summed E-state index contributed by atoms with van der Waals surface area (Å²) in [5.41, 5.74) is 2.07. The number of rotatable bonds is 8. The Bertz CT molecular complexity index is 988. The summed E-state index contributed by atoms with van der Waals surface area (Å²) in [6.45, 7) is -0.0974. The van der Waals surface area contributed by atoms with Crippen LogP contribution in [0.15, 0.2) is 90.1 Å². The summed E-state index contributed by atoms with van der Waals surface area (Å²) in [7, 11) is 0. The van der Waals surface area contributed by atoms with Gasteiger partial charge in [-0.3, -0.25) is 4.79 Å².